The molecule has 0 unspecified atom stereocenters. The molecular weight excluding hydrogens is 386 g/mol. The Morgan fingerprint density at radius 3 is 2.81 bits per heavy atom. The lowest BCUT2D eigenvalue weighted by Gasteiger charge is -2.10. The highest BCUT2D eigenvalue weighted by molar-refractivity contribution is 7.14. The monoisotopic (exact) mass is 401 g/mol. The van der Waals surface area contributed by atoms with Crippen LogP contribution in [0, 0.1) is 13.8 Å². The Labute approximate surface area is 165 Å². The Hall–Kier alpha value is -2.77. The molecule has 1 aliphatic rings. The van der Waals surface area contributed by atoms with Crippen LogP contribution in [0.5, 0.6) is 11.5 Å². The number of halogens is 1. The molecular formula is C19H16ClN3O3S. The largest absolute Gasteiger partial charge is 0.454 e. The van der Waals surface area contributed by atoms with Crippen molar-refractivity contribution >= 4 is 45.4 Å². The van der Waals surface area contributed by atoms with Crippen molar-refractivity contribution in [3.05, 3.63) is 57.6 Å². The van der Waals surface area contributed by atoms with E-state index in [1.54, 1.807) is 5.38 Å². The third kappa shape index (κ3) is 3.70. The second-order valence-electron chi connectivity index (χ2n) is 6.12. The summed E-state index contributed by atoms with van der Waals surface area (Å²) in [5.74, 6) is 1.09. The quantitative estimate of drug-likeness (QED) is 0.633. The average molecular weight is 402 g/mol. The van der Waals surface area contributed by atoms with Crippen LogP contribution in [0.2, 0.25) is 5.02 Å². The fourth-order valence-corrected chi connectivity index (χ4v) is 3.86. The molecule has 1 amide bonds. The smallest absolute Gasteiger partial charge is 0.275 e. The van der Waals surface area contributed by atoms with Crippen molar-refractivity contribution in [1.82, 2.24) is 4.98 Å². The number of ether oxygens (including phenoxy) is 2. The number of hydrogen-bond acceptors (Lipinski definition) is 6. The Balaban J connectivity index is 1.48. The second-order valence-corrected chi connectivity index (χ2v) is 7.39. The molecule has 1 aliphatic heterocycles. The normalized spacial score (nSPS) is 12.1. The molecule has 2 heterocycles. The predicted octanol–water partition coefficient (Wildman–Crippen LogP) is 5.14. The number of hydrogen-bond donors (Lipinski definition) is 2. The third-order valence-corrected chi connectivity index (χ3v) is 5.09. The summed E-state index contributed by atoms with van der Waals surface area (Å²) in [4.78, 5) is 16.9. The van der Waals surface area contributed by atoms with E-state index in [9.17, 15) is 4.79 Å². The highest BCUT2D eigenvalue weighted by Crippen LogP contribution is 2.35. The molecule has 27 heavy (non-hydrogen) atoms. The van der Waals surface area contributed by atoms with Gasteiger partial charge in [0.15, 0.2) is 16.6 Å². The average Bonchev–Trinajstić information content (AvgIpc) is 3.26. The fraction of sp³-hybridized carbons (Fsp3) is 0.158. The number of carbonyl (C=O) groups excluding carboxylic acids is 1. The molecule has 0 saturated carbocycles. The van der Waals surface area contributed by atoms with Crippen molar-refractivity contribution in [2.75, 3.05) is 17.4 Å². The molecule has 0 saturated heterocycles. The van der Waals surface area contributed by atoms with Crippen molar-refractivity contribution in [2.24, 2.45) is 0 Å². The van der Waals surface area contributed by atoms with Gasteiger partial charge in [0.05, 0.1) is 10.7 Å². The van der Waals surface area contributed by atoms with Gasteiger partial charge in [-0.15, -0.1) is 11.3 Å². The maximum absolute atomic E-state index is 12.5. The van der Waals surface area contributed by atoms with Gasteiger partial charge in [-0.3, -0.25) is 4.79 Å². The van der Waals surface area contributed by atoms with E-state index in [2.05, 4.69) is 15.6 Å². The molecule has 2 aromatic carbocycles. The number of anilines is 3. The molecule has 3 aromatic rings. The minimum Gasteiger partial charge on any atom is -0.454 e. The number of nitrogens with zero attached hydrogens (tertiary/aromatic N) is 1. The fourth-order valence-electron chi connectivity index (χ4n) is 2.78. The highest BCUT2D eigenvalue weighted by Gasteiger charge is 2.16. The summed E-state index contributed by atoms with van der Waals surface area (Å²) < 4.78 is 10.7. The highest BCUT2D eigenvalue weighted by atomic mass is 35.5. The van der Waals surface area contributed by atoms with E-state index < -0.39 is 0 Å². The number of fused-ring (bicyclic) bond motifs is 1. The number of benzene rings is 2. The Morgan fingerprint density at radius 2 is 2.00 bits per heavy atom. The van der Waals surface area contributed by atoms with Gasteiger partial charge in [0.1, 0.15) is 5.69 Å². The lowest BCUT2D eigenvalue weighted by Crippen LogP contribution is -2.13. The molecule has 0 spiro atoms. The van der Waals surface area contributed by atoms with E-state index in [-0.39, 0.29) is 12.7 Å². The van der Waals surface area contributed by atoms with Crippen LogP contribution < -0.4 is 20.1 Å². The van der Waals surface area contributed by atoms with Crippen LogP contribution in [0.4, 0.5) is 16.5 Å². The van der Waals surface area contributed by atoms with Gasteiger partial charge in [-0.1, -0.05) is 17.7 Å². The molecule has 0 aliphatic carbocycles. The van der Waals surface area contributed by atoms with E-state index in [0.717, 1.165) is 16.8 Å². The van der Waals surface area contributed by atoms with E-state index in [1.807, 2.05) is 44.2 Å². The van der Waals surface area contributed by atoms with Crippen molar-refractivity contribution in [3.63, 3.8) is 0 Å². The van der Waals surface area contributed by atoms with Gasteiger partial charge in [0, 0.05) is 17.1 Å². The maximum atomic E-state index is 12.5. The Kier molecular flexibility index (Phi) is 4.63. The number of thiazole rings is 1. The predicted molar refractivity (Wildman–Crippen MR) is 107 cm³/mol. The number of nitrogens with one attached hydrogen (secondary N) is 2. The van der Waals surface area contributed by atoms with Gasteiger partial charge in [0.2, 0.25) is 6.79 Å². The van der Waals surface area contributed by atoms with Gasteiger partial charge < -0.3 is 20.1 Å². The summed E-state index contributed by atoms with van der Waals surface area (Å²) in [6, 6.07) is 9.31. The van der Waals surface area contributed by atoms with Crippen LogP contribution in [0.15, 0.2) is 35.7 Å². The first-order chi connectivity index (χ1) is 13.0. The van der Waals surface area contributed by atoms with Crippen LogP contribution in [0.25, 0.3) is 0 Å². The van der Waals surface area contributed by atoms with Gasteiger partial charge in [0.25, 0.3) is 5.91 Å². The van der Waals surface area contributed by atoms with E-state index in [0.29, 0.717) is 33.0 Å². The number of rotatable bonds is 4. The van der Waals surface area contributed by atoms with Crippen LogP contribution in [-0.4, -0.2) is 17.7 Å². The molecule has 138 valence electrons. The van der Waals surface area contributed by atoms with Crippen LogP contribution >= 0.6 is 22.9 Å². The standard InChI is InChI=1S/C19H16ClN3O3S/c1-10-5-11(2)17(13(20)6-10)23-18(24)14-8-27-19(22-14)21-12-3-4-15-16(7-12)26-9-25-15/h3-8H,9H2,1-2H3,(H,21,22)(H,23,24). The van der Waals surface area contributed by atoms with Gasteiger partial charge in [-0.05, 0) is 43.2 Å². The van der Waals surface area contributed by atoms with Gasteiger partial charge in [-0.25, -0.2) is 4.98 Å². The van der Waals surface area contributed by atoms with E-state index >= 15 is 0 Å². The Morgan fingerprint density at radius 1 is 1.19 bits per heavy atom. The zero-order valence-corrected chi connectivity index (χ0v) is 16.2. The zero-order chi connectivity index (χ0) is 19.0. The molecule has 1 aromatic heterocycles. The minimum atomic E-state index is -0.307. The number of aromatic nitrogens is 1. The molecule has 8 heteroatoms. The summed E-state index contributed by atoms with van der Waals surface area (Å²) in [5.41, 5.74) is 3.67. The molecule has 0 radical (unpaired) electrons. The first-order valence-electron chi connectivity index (χ1n) is 8.20. The van der Waals surface area contributed by atoms with Crippen molar-refractivity contribution in [1.29, 1.82) is 0 Å². The van der Waals surface area contributed by atoms with Gasteiger partial charge >= 0.3 is 0 Å². The SMILES string of the molecule is Cc1cc(C)c(NC(=O)c2csc(Nc3ccc4c(c3)OCO4)n2)c(Cl)c1. The van der Waals surface area contributed by atoms with Crippen LogP contribution in [0.3, 0.4) is 0 Å². The van der Waals surface area contributed by atoms with Gasteiger partial charge in [-0.2, -0.15) is 0 Å². The van der Waals surface area contributed by atoms with Crippen molar-refractivity contribution in [2.45, 2.75) is 13.8 Å². The molecule has 0 bridgehead atoms. The summed E-state index contributed by atoms with van der Waals surface area (Å²) in [6.45, 7) is 4.09. The summed E-state index contributed by atoms with van der Waals surface area (Å²) in [5, 5.41) is 8.82. The van der Waals surface area contributed by atoms with Crippen molar-refractivity contribution < 1.29 is 14.3 Å². The topological polar surface area (TPSA) is 72.5 Å². The number of aryl methyl sites for hydroxylation is 2. The molecule has 0 atom stereocenters. The minimum absolute atomic E-state index is 0.224. The molecule has 2 N–H and O–H groups in total. The van der Waals surface area contributed by atoms with Crippen LogP contribution in [0.1, 0.15) is 21.6 Å². The number of amides is 1. The summed E-state index contributed by atoms with van der Waals surface area (Å²) in [7, 11) is 0. The zero-order valence-electron chi connectivity index (χ0n) is 14.6. The summed E-state index contributed by atoms with van der Waals surface area (Å²) in [6.07, 6.45) is 0. The van der Waals surface area contributed by atoms with Crippen LogP contribution in [-0.2, 0) is 0 Å². The summed E-state index contributed by atoms with van der Waals surface area (Å²) >= 11 is 7.60. The number of carbonyl (C=O) groups is 1. The van der Waals surface area contributed by atoms with E-state index in [1.165, 1.54) is 11.3 Å². The van der Waals surface area contributed by atoms with Crippen molar-refractivity contribution in [3.8, 4) is 11.5 Å². The lowest BCUT2D eigenvalue weighted by atomic mass is 10.1. The second kappa shape index (κ2) is 7.09. The Bertz CT molecular complexity index is 1010. The first-order valence-corrected chi connectivity index (χ1v) is 9.45. The molecule has 4 rings (SSSR count). The molecule has 6 nitrogen and oxygen atoms in total. The lowest BCUT2D eigenvalue weighted by molar-refractivity contribution is 0.102. The molecule has 0 fully saturated rings. The third-order valence-electron chi connectivity index (χ3n) is 4.03. The first kappa shape index (κ1) is 17.6. The van der Waals surface area contributed by atoms with E-state index in [4.69, 9.17) is 21.1 Å². The maximum Gasteiger partial charge on any atom is 0.275 e.